The van der Waals surface area contributed by atoms with Gasteiger partial charge in [0.25, 0.3) is 11.6 Å². The molecule has 1 fully saturated rings. The molecule has 30 heavy (non-hydrogen) atoms. The van der Waals surface area contributed by atoms with E-state index in [9.17, 15) is 19.7 Å². The molecule has 2 aromatic rings. The Kier molecular flexibility index (Phi) is 6.51. The van der Waals surface area contributed by atoms with Crippen LogP contribution in [0.5, 0.6) is 11.5 Å². The summed E-state index contributed by atoms with van der Waals surface area (Å²) in [5, 5.41) is 13.4. The lowest BCUT2D eigenvalue weighted by molar-refractivity contribution is -0.384. The van der Waals surface area contributed by atoms with Gasteiger partial charge in [0.15, 0.2) is 0 Å². The molecule has 2 amide bonds. The lowest BCUT2D eigenvalue weighted by Gasteiger charge is -2.27. The Morgan fingerprint density at radius 1 is 1.20 bits per heavy atom. The fraction of sp³-hybridized carbons (Fsp3) is 0.333. The summed E-state index contributed by atoms with van der Waals surface area (Å²) >= 11 is 0. The van der Waals surface area contributed by atoms with E-state index >= 15 is 0 Å². The Morgan fingerprint density at radius 2 is 2.00 bits per heavy atom. The number of methoxy groups -OCH3 is 2. The van der Waals surface area contributed by atoms with Crippen LogP contribution in [0.2, 0.25) is 0 Å². The number of ether oxygens (including phenoxy) is 2. The minimum atomic E-state index is -0.571. The number of likely N-dealkylation sites (tertiary alicyclic amines) is 1. The van der Waals surface area contributed by atoms with Crippen LogP contribution in [0.4, 0.5) is 5.69 Å². The third-order valence-electron chi connectivity index (χ3n) is 5.09. The molecule has 1 aliphatic rings. The summed E-state index contributed by atoms with van der Waals surface area (Å²) in [6, 6.07) is 10.7. The van der Waals surface area contributed by atoms with Crippen molar-refractivity contribution in [2.75, 3.05) is 27.3 Å². The molecule has 1 N–H and O–H groups in total. The van der Waals surface area contributed by atoms with Gasteiger partial charge in [0.05, 0.1) is 31.7 Å². The number of rotatable bonds is 7. The second-order valence-electron chi connectivity index (χ2n) is 6.84. The summed E-state index contributed by atoms with van der Waals surface area (Å²) in [5.41, 5.74) is 0.802. The molecule has 1 heterocycles. The fourth-order valence-corrected chi connectivity index (χ4v) is 3.61. The third kappa shape index (κ3) is 4.51. The first kappa shape index (κ1) is 21.1. The number of carbonyl (C=O) groups is 2. The first-order valence-electron chi connectivity index (χ1n) is 9.48. The standard InChI is InChI=1S/C21H23N3O6/c1-29-16-8-9-19(30-2)17(12-16)18-7-4-10-23(18)20(25)13-22-21(26)14-5-3-6-15(11-14)24(27)28/h3,5-6,8-9,11-12,18H,4,7,10,13H2,1-2H3,(H,22,26)/t18-/m1/s1. The van der Waals surface area contributed by atoms with Gasteiger partial charge in [0.2, 0.25) is 5.91 Å². The maximum absolute atomic E-state index is 12.8. The molecular weight excluding hydrogens is 390 g/mol. The molecule has 0 aliphatic carbocycles. The van der Waals surface area contributed by atoms with Crippen molar-refractivity contribution < 1.29 is 24.0 Å². The van der Waals surface area contributed by atoms with E-state index in [0.717, 1.165) is 18.4 Å². The highest BCUT2D eigenvalue weighted by atomic mass is 16.6. The van der Waals surface area contributed by atoms with E-state index in [0.29, 0.717) is 18.0 Å². The molecule has 158 valence electrons. The fourth-order valence-electron chi connectivity index (χ4n) is 3.61. The Morgan fingerprint density at radius 3 is 2.70 bits per heavy atom. The van der Waals surface area contributed by atoms with Crippen molar-refractivity contribution in [1.82, 2.24) is 10.2 Å². The highest BCUT2D eigenvalue weighted by Gasteiger charge is 2.32. The summed E-state index contributed by atoms with van der Waals surface area (Å²) in [6.45, 7) is 0.362. The van der Waals surface area contributed by atoms with Gasteiger partial charge in [-0.25, -0.2) is 0 Å². The number of non-ortho nitro benzene ring substituents is 1. The number of nitrogens with zero attached hydrogens (tertiary/aromatic N) is 2. The van der Waals surface area contributed by atoms with Crippen LogP contribution < -0.4 is 14.8 Å². The van der Waals surface area contributed by atoms with Crippen molar-refractivity contribution >= 4 is 17.5 Å². The largest absolute Gasteiger partial charge is 0.497 e. The number of nitrogens with one attached hydrogen (secondary N) is 1. The summed E-state index contributed by atoms with van der Waals surface area (Å²) < 4.78 is 10.8. The van der Waals surface area contributed by atoms with Gasteiger partial charge >= 0.3 is 0 Å². The number of nitro benzene ring substituents is 1. The van der Waals surface area contributed by atoms with E-state index in [1.54, 1.807) is 31.3 Å². The third-order valence-corrected chi connectivity index (χ3v) is 5.09. The molecule has 3 rings (SSSR count). The minimum Gasteiger partial charge on any atom is -0.497 e. The Labute approximate surface area is 173 Å². The van der Waals surface area contributed by atoms with Gasteiger partial charge in [-0.05, 0) is 37.1 Å². The van der Waals surface area contributed by atoms with E-state index in [1.807, 2.05) is 6.07 Å². The first-order chi connectivity index (χ1) is 14.4. The van der Waals surface area contributed by atoms with Gasteiger partial charge in [0, 0.05) is 29.8 Å². The average Bonchev–Trinajstić information content (AvgIpc) is 3.26. The van der Waals surface area contributed by atoms with Crippen LogP contribution in [0.3, 0.4) is 0 Å². The zero-order chi connectivity index (χ0) is 21.7. The van der Waals surface area contributed by atoms with E-state index in [4.69, 9.17) is 9.47 Å². The number of hydrogen-bond donors (Lipinski definition) is 1. The lowest BCUT2D eigenvalue weighted by atomic mass is 10.0. The topological polar surface area (TPSA) is 111 Å². The SMILES string of the molecule is COc1ccc(OC)c([C@H]2CCCN2C(=O)CNC(=O)c2cccc([N+](=O)[O-])c2)c1. The minimum absolute atomic E-state index is 0.129. The first-order valence-corrected chi connectivity index (χ1v) is 9.48. The Bertz CT molecular complexity index is 962. The molecule has 9 nitrogen and oxygen atoms in total. The highest BCUT2D eigenvalue weighted by Crippen LogP contribution is 2.38. The molecule has 0 radical (unpaired) electrons. The van der Waals surface area contributed by atoms with Crippen LogP contribution in [0.1, 0.15) is 34.8 Å². The molecule has 0 saturated carbocycles. The smallest absolute Gasteiger partial charge is 0.270 e. The van der Waals surface area contributed by atoms with Crippen molar-refractivity contribution in [3.8, 4) is 11.5 Å². The monoisotopic (exact) mass is 413 g/mol. The summed E-state index contributed by atoms with van der Waals surface area (Å²) in [4.78, 5) is 37.2. The Balaban J connectivity index is 1.70. The molecule has 1 saturated heterocycles. The Hall–Kier alpha value is -3.62. The number of carbonyl (C=O) groups excluding carboxylic acids is 2. The molecular formula is C21H23N3O6. The predicted molar refractivity (Wildman–Crippen MR) is 109 cm³/mol. The van der Waals surface area contributed by atoms with Crippen LogP contribution in [0.15, 0.2) is 42.5 Å². The molecule has 9 heteroatoms. The predicted octanol–water partition coefficient (Wildman–Crippen LogP) is 2.71. The van der Waals surface area contributed by atoms with Crippen molar-refractivity contribution in [2.24, 2.45) is 0 Å². The zero-order valence-corrected chi connectivity index (χ0v) is 16.8. The molecule has 0 bridgehead atoms. The second kappa shape index (κ2) is 9.25. The van der Waals surface area contributed by atoms with Gasteiger partial charge in [0.1, 0.15) is 11.5 Å². The van der Waals surface area contributed by atoms with Crippen molar-refractivity contribution in [3.05, 3.63) is 63.7 Å². The number of benzene rings is 2. The number of amides is 2. The molecule has 0 unspecified atom stereocenters. The van der Waals surface area contributed by atoms with Crippen LogP contribution in [0.25, 0.3) is 0 Å². The van der Waals surface area contributed by atoms with Gasteiger partial charge in [-0.1, -0.05) is 6.07 Å². The van der Waals surface area contributed by atoms with Gasteiger partial charge < -0.3 is 19.7 Å². The maximum atomic E-state index is 12.8. The van der Waals surface area contributed by atoms with Gasteiger partial charge in [-0.2, -0.15) is 0 Å². The van der Waals surface area contributed by atoms with Crippen LogP contribution in [-0.2, 0) is 4.79 Å². The van der Waals surface area contributed by atoms with E-state index in [1.165, 1.54) is 24.3 Å². The number of nitro groups is 1. The van der Waals surface area contributed by atoms with Crippen molar-refractivity contribution in [1.29, 1.82) is 0 Å². The zero-order valence-electron chi connectivity index (χ0n) is 16.8. The van der Waals surface area contributed by atoms with E-state index in [-0.39, 0.29) is 29.7 Å². The number of hydrogen-bond acceptors (Lipinski definition) is 6. The normalized spacial score (nSPS) is 15.5. The van der Waals surface area contributed by atoms with Crippen molar-refractivity contribution in [2.45, 2.75) is 18.9 Å². The van der Waals surface area contributed by atoms with Gasteiger partial charge in [-0.3, -0.25) is 19.7 Å². The molecule has 1 aliphatic heterocycles. The average molecular weight is 413 g/mol. The van der Waals surface area contributed by atoms with Crippen molar-refractivity contribution in [3.63, 3.8) is 0 Å². The summed E-state index contributed by atoms with van der Waals surface area (Å²) in [7, 11) is 3.15. The van der Waals surface area contributed by atoms with Gasteiger partial charge in [-0.15, -0.1) is 0 Å². The highest BCUT2D eigenvalue weighted by molar-refractivity contribution is 5.97. The molecule has 1 atom stereocenters. The van der Waals surface area contributed by atoms with E-state index in [2.05, 4.69) is 5.32 Å². The summed E-state index contributed by atoms with van der Waals surface area (Å²) in [6.07, 6.45) is 1.60. The van der Waals surface area contributed by atoms with E-state index < -0.39 is 10.8 Å². The van der Waals surface area contributed by atoms with Crippen LogP contribution in [0, 0.1) is 10.1 Å². The second-order valence-corrected chi connectivity index (χ2v) is 6.84. The maximum Gasteiger partial charge on any atom is 0.270 e. The molecule has 0 spiro atoms. The molecule has 2 aromatic carbocycles. The quantitative estimate of drug-likeness (QED) is 0.552. The van der Waals surface area contributed by atoms with Crippen LogP contribution >= 0.6 is 0 Å². The lowest BCUT2D eigenvalue weighted by Crippen LogP contribution is -2.40. The van der Waals surface area contributed by atoms with Crippen LogP contribution in [-0.4, -0.2) is 48.9 Å². The summed E-state index contributed by atoms with van der Waals surface area (Å²) in [5.74, 6) is 0.563. The molecule has 0 aromatic heterocycles.